The first kappa shape index (κ1) is 15.2. The summed E-state index contributed by atoms with van der Waals surface area (Å²) in [6.07, 6.45) is 0. The van der Waals surface area contributed by atoms with Crippen LogP contribution in [0.5, 0.6) is 5.75 Å². The van der Waals surface area contributed by atoms with Gasteiger partial charge in [0.15, 0.2) is 0 Å². The van der Waals surface area contributed by atoms with Crippen molar-refractivity contribution in [3.8, 4) is 5.75 Å². The zero-order valence-electron chi connectivity index (χ0n) is 11.3. The summed E-state index contributed by atoms with van der Waals surface area (Å²) < 4.78 is 28.7. The fourth-order valence-electron chi connectivity index (χ4n) is 2.39. The average Bonchev–Trinajstić information content (AvgIpc) is 2.41. The van der Waals surface area contributed by atoms with Crippen molar-refractivity contribution in [2.75, 3.05) is 39.3 Å². The number of rotatable bonds is 6. The topological polar surface area (TPSA) is 35.9 Å². The zero-order valence-corrected chi connectivity index (χ0v) is 11.3. The Morgan fingerprint density at radius 3 is 2.50 bits per heavy atom. The molecule has 2 rings (SSSR count). The molecule has 1 fully saturated rings. The summed E-state index contributed by atoms with van der Waals surface area (Å²) in [5.41, 5.74) is 0.971. The molecule has 0 radical (unpaired) electrons. The largest absolute Gasteiger partial charge is 0.435 e. The van der Waals surface area contributed by atoms with Crippen LogP contribution < -0.4 is 4.74 Å². The quantitative estimate of drug-likeness (QED) is 0.857. The molecule has 0 saturated carbocycles. The lowest BCUT2D eigenvalue weighted by molar-refractivity contribution is -0.0499. The molecular weight excluding hydrogens is 266 g/mol. The van der Waals surface area contributed by atoms with E-state index in [-0.39, 0.29) is 12.4 Å². The summed E-state index contributed by atoms with van der Waals surface area (Å²) in [5, 5.41) is 8.89. The van der Waals surface area contributed by atoms with Gasteiger partial charge < -0.3 is 9.84 Å². The number of halogens is 2. The molecule has 0 atom stereocenters. The molecule has 1 N–H and O–H groups in total. The molecule has 0 unspecified atom stereocenters. The smallest absolute Gasteiger partial charge is 0.387 e. The second kappa shape index (κ2) is 7.52. The lowest BCUT2D eigenvalue weighted by atomic mass is 10.2. The maximum absolute atomic E-state index is 12.2. The Morgan fingerprint density at radius 2 is 1.85 bits per heavy atom. The minimum Gasteiger partial charge on any atom is -0.435 e. The highest BCUT2D eigenvalue weighted by molar-refractivity contribution is 5.28. The Morgan fingerprint density at radius 1 is 1.15 bits per heavy atom. The number of nitrogens with zero attached hydrogens (tertiary/aromatic N) is 2. The van der Waals surface area contributed by atoms with Crippen molar-refractivity contribution >= 4 is 0 Å². The van der Waals surface area contributed by atoms with E-state index in [4.69, 9.17) is 5.11 Å². The van der Waals surface area contributed by atoms with Gasteiger partial charge in [-0.15, -0.1) is 0 Å². The molecule has 1 aromatic carbocycles. The fourth-order valence-corrected chi connectivity index (χ4v) is 2.39. The van der Waals surface area contributed by atoms with Gasteiger partial charge in [-0.3, -0.25) is 9.80 Å². The predicted octanol–water partition coefficient (Wildman–Crippen LogP) is 1.40. The highest BCUT2D eigenvalue weighted by atomic mass is 19.3. The highest BCUT2D eigenvalue weighted by Gasteiger charge is 2.16. The second-order valence-electron chi connectivity index (χ2n) is 4.87. The van der Waals surface area contributed by atoms with Crippen molar-refractivity contribution in [1.82, 2.24) is 9.80 Å². The molecule has 1 heterocycles. The lowest BCUT2D eigenvalue weighted by Crippen LogP contribution is -2.46. The molecule has 0 spiro atoms. The summed E-state index contributed by atoms with van der Waals surface area (Å²) in [6, 6.07) is 6.84. The Labute approximate surface area is 117 Å². The van der Waals surface area contributed by atoms with Crippen molar-refractivity contribution in [3.63, 3.8) is 0 Å². The van der Waals surface area contributed by atoms with E-state index in [1.54, 1.807) is 12.1 Å². The number of aliphatic hydroxyl groups is 1. The van der Waals surface area contributed by atoms with Crippen LogP contribution in [0.1, 0.15) is 5.56 Å². The third-order valence-corrected chi connectivity index (χ3v) is 3.41. The zero-order chi connectivity index (χ0) is 14.4. The van der Waals surface area contributed by atoms with E-state index in [0.29, 0.717) is 6.54 Å². The third-order valence-electron chi connectivity index (χ3n) is 3.41. The van der Waals surface area contributed by atoms with Crippen molar-refractivity contribution in [3.05, 3.63) is 29.8 Å². The molecule has 6 heteroatoms. The number of hydrogen-bond acceptors (Lipinski definition) is 4. The summed E-state index contributed by atoms with van der Waals surface area (Å²) in [6.45, 7) is 2.53. The maximum atomic E-state index is 12.2. The van der Waals surface area contributed by atoms with Crippen molar-refractivity contribution in [1.29, 1.82) is 0 Å². The summed E-state index contributed by atoms with van der Waals surface area (Å²) >= 11 is 0. The molecule has 0 bridgehead atoms. The van der Waals surface area contributed by atoms with Gasteiger partial charge in [0, 0.05) is 39.3 Å². The highest BCUT2D eigenvalue weighted by Crippen LogP contribution is 2.17. The molecule has 20 heavy (non-hydrogen) atoms. The molecule has 0 aliphatic carbocycles. The molecule has 112 valence electrons. The minimum atomic E-state index is -2.78. The van der Waals surface area contributed by atoms with Crippen molar-refractivity contribution in [2.24, 2.45) is 0 Å². The first-order valence-electron chi connectivity index (χ1n) is 6.76. The molecular formula is C14H20F2N2O2. The predicted molar refractivity (Wildman–Crippen MR) is 71.9 cm³/mol. The van der Waals surface area contributed by atoms with Crippen LogP contribution in [0.4, 0.5) is 8.78 Å². The van der Waals surface area contributed by atoms with Gasteiger partial charge in [0.25, 0.3) is 0 Å². The monoisotopic (exact) mass is 286 g/mol. The van der Waals surface area contributed by atoms with Crippen LogP contribution >= 0.6 is 0 Å². The van der Waals surface area contributed by atoms with Crippen LogP contribution in [0.2, 0.25) is 0 Å². The molecule has 1 aromatic rings. The van der Waals surface area contributed by atoms with E-state index in [2.05, 4.69) is 14.5 Å². The number of piperazine rings is 1. The van der Waals surface area contributed by atoms with Crippen LogP contribution in [0.15, 0.2) is 24.3 Å². The summed E-state index contributed by atoms with van der Waals surface area (Å²) in [5.74, 6) is 0.205. The van der Waals surface area contributed by atoms with Crippen LogP contribution in [-0.4, -0.2) is 60.8 Å². The van der Waals surface area contributed by atoms with E-state index < -0.39 is 6.61 Å². The van der Waals surface area contributed by atoms with Gasteiger partial charge in [0.1, 0.15) is 5.75 Å². The van der Waals surface area contributed by atoms with E-state index in [9.17, 15) is 8.78 Å². The van der Waals surface area contributed by atoms with Gasteiger partial charge in [-0.2, -0.15) is 8.78 Å². The first-order valence-corrected chi connectivity index (χ1v) is 6.76. The van der Waals surface area contributed by atoms with E-state index in [1.807, 2.05) is 6.07 Å². The van der Waals surface area contributed by atoms with Crippen LogP contribution in [0, 0.1) is 0 Å². The molecule has 0 aromatic heterocycles. The Hall–Kier alpha value is -1.24. The van der Waals surface area contributed by atoms with Crippen molar-refractivity contribution in [2.45, 2.75) is 13.2 Å². The van der Waals surface area contributed by atoms with Gasteiger partial charge in [-0.1, -0.05) is 12.1 Å². The second-order valence-corrected chi connectivity index (χ2v) is 4.87. The number of β-amino-alcohol motifs (C(OH)–C–C–N with tert-alkyl or cyclic N) is 1. The molecule has 4 nitrogen and oxygen atoms in total. The Balaban J connectivity index is 1.84. The molecule has 1 aliphatic heterocycles. The third kappa shape index (κ3) is 4.70. The van der Waals surface area contributed by atoms with Crippen LogP contribution in [-0.2, 0) is 6.54 Å². The number of aliphatic hydroxyl groups excluding tert-OH is 1. The maximum Gasteiger partial charge on any atom is 0.387 e. The van der Waals surface area contributed by atoms with E-state index in [1.165, 1.54) is 6.07 Å². The normalized spacial score (nSPS) is 17.6. The van der Waals surface area contributed by atoms with Crippen molar-refractivity contribution < 1.29 is 18.6 Å². The van der Waals surface area contributed by atoms with Crippen LogP contribution in [0.25, 0.3) is 0 Å². The number of benzene rings is 1. The average molecular weight is 286 g/mol. The van der Waals surface area contributed by atoms with E-state index >= 15 is 0 Å². The lowest BCUT2D eigenvalue weighted by Gasteiger charge is -2.34. The molecule has 0 amide bonds. The van der Waals surface area contributed by atoms with Gasteiger partial charge in [0.05, 0.1) is 6.61 Å². The summed E-state index contributed by atoms with van der Waals surface area (Å²) in [4.78, 5) is 4.49. The van der Waals surface area contributed by atoms with Gasteiger partial charge in [0.2, 0.25) is 0 Å². The Kier molecular flexibility index (Phi) is 5.70. The number of alkyl halides is 2. The standard InChI is InChI=1S/C14H20F2N2O2/c15-14(16)20-13-3-1-2-12(10-13)11-18-6-4-17(5-7-18)8-9-19/h1-3,10,14,19H,4-9,11H2. The van der Waals surface area contributed by atoms with Crippen LogP contribution in [0.3, 0.4) is 0 Å². The Bertz CT molecular complexity index is 410. The number of ether oxygens (including phenoxy) is 1. The fraction of sp³-hybridized carbons (Fsp3) is 0.571. The van der Waals surface area contributed by atoms with Gasteiger partial charge >= 0.3 is 6.61 Å². The first-order chi connectivity index (χ1) is 9.67. The summed E-state index contributed by atoms with van der Waals surface area (Å²) in [7, 11) is 0. The van der Waals surface area contributed by atoms with Gasteiger partial charge in [-0.05, 0) is 17.7 Å². The van der Waals surface area contributed by atoms with E-state index in [0.717, 1.165) is 38.3 Å². The van der Waals surface area contributed by atoms with Gasteiger partial charge in [-0.25, -0.2) is 0 Å². The number of hydrogen-bond donors (Lipinski definition) is 1. The molecule has 1 saturated heterocycles. The molecule has 1 aliphatic rings. The SMILES string of the molecule is OCCN1CCN(Cc2cccc(OC(F)F)c2)CC1. The minimum absolute atomic E-state index is 0.188.